The summed E-state index contributed by atoms with van der Waals surface area (Å²) in [6, 6.07) is 104. The van der Waals surface area contributed by atoms with Crippen LogP contribution < -0.4 is 15.0 Å². The van der Waals surface area contributed by atoms with Crippen molar-refractivity contribution in [3.8, 4) is 44.5 Å². The van der Waals surface area contributed by atoms with Crippen LogP contribution in [0.2, 0.25) is 19.6 Å². The molecule has 0 aliphatic rings. The topological polar surface area (TPSA) is 6.48 Å². The maximum Gasteiger partial charge on any atom is 0.0775 e. The van der Waals surface area contributed by atoms with Gasteiger partial charge in [0.05, 0.1) is 19.4 Å². The van der Waals surface area contributed by atoms with Crippen LogP contribution in [0.25, 0.3) is 98.4 Å². The Kier molecular flexibility index (Phi) is 11.8. The molecule has 14 rings (SSSR count). The standard InChI is InChI=1S/C76H58N2Si/c1-51-29-35-62(36-30-51)77(64-27-15-25-58(47-64)52-17-7-5-8-18-52)73-49-71(60-33-31-54-21-11-13-23-56(54)45-60)67-42-44-70-74(50-72(68-41-43-69(73)75(67)76(68)70)61-34-32-55-22-12-14-24-57(55)46-61)78(63-37-39-66(40-38-63)79(2,3)4)65-28-16-26-59(48-65)53-19-9-6-10-20-53/h5-50H,1-4H3. The highest BCUT2D eigenvalue weighted by atomic mass is 28.3. The number of hydrogen-bond donors (Lipinski definition) is 0. The van der Waals surface area contributed by atoms with E-state index in [4.69, 9.17) is 0 Å². The summed E-state index contributed by atoms with van der Waals surface area (Å²) in [5, 5.41) is 13.6. The van der Waals surface area contributed by atoms with Crippen LogP contribution in [-0.4, -0.2) is 8.07 Å². The average Bonchev–Trinajstić information content (AvgIpc) is 3.28. The van der Waals surface area contributed by atoms with Crippen molar-refractivity contribution in [1.29, 1.82) is 0 Å². The summed E-state index contributed by atoms with van der Waals surface area (Å²) >= 11 is 0. The first-order chi connectivity index (χ1) is 38.7. The molecule has 79 heavy (non-hydrogen) atoms. The van der Waals surface area contributed by atoms with E-state index in [2.05, 4.69) is 315 Å². The molecule has 0 amide bonds. The lowest BCUT2D eigenvalue weighted by atomic mass is 9.84. The van der Waals surface area contributed by atoms with E-state index in [1.54, 1.807) is 0 Å². The van der Waals surface area contributed by atoms with E-state index in [0.29, 0.717) is 0 Å². The Morgan fingerprint density at radius 3 is 1.10 bits per heavy atom. The van der Waals surface area contributed by atoms with Gasteiger partial charge in [0.25, 0.3) is 0 Å². The molecule has 0 fully saturated rings. The first-order valence-corrected chi connectivity index (χ1v) is 31.1. The van der Waals surface area contributed by atoms with E-state index in [1.807, 2.05) is 0 Å². The van der Waals surface area contributed by atoms with Crippen molar-refractivity contribution in [2.45, 2.75) is 26.6 Å². The molecule has 0 heterocycles. The van der Waals surface area contributed by atoms with E-state index in [1.165, 1.54) is 109 Å². The molecule has 0 bridgehead atoms. The van der Waals surface area contributed by atoms with Crippen LogP contribution in [-0.2, 0) is 0 Å². The third-order valence-corrected chi connectivity index (χ3v) is 18.2. The van der Waals surface area contributed by atoms with Crippen LogP contribution in [0, 0.1) is 6.92 Å². The lowest BCUT2D eigenvalue weighted by Gasteiger charge is -2.31. The lowest BCUT2D eigenvalue weighted by molar-refractivity contribution is 1.29. The van der Waals surface area contributed by atoms with Crippen molar-refractivity contribution >= 4 is 101 Å². The number of aryl methyl sites for hydroxylation is 1. The van der Waals surface area contributed by atoms with E-state index >= 15 is 0 Å². The van der Waals surface area contributed by atoms with Crippen molar-refractivity contribution in [1.82, 2.24) is 0 Å². The zero-order valence-electron chi connectivity index (χ0n) is 45.0. The molecular formula is C76H58N2Si. The van der Waals surface area contributed by atoms with Crippen molar-refractivity contribution in [3.63, 3.8) is 0 Å². The summed E-state index contributed by atoms with van der Waals surface area (Å²) in [6.45, 7) is 9.46. The summed E-state index contributed by atoms with van der Waals surface area (Å²) in [5.74, 6) is 0. The van der Waals surface area contributed by atoms with Gasteiger partial charge in [-0.2, -0.15) is 0 Å². The Hall–Kier alpha value is -9.54. The van der Waals surface area contributed by atoms with Gasteiger partial charge in [-0.3, -0.25) is 0 Å². The van der Waals surface area contributed by atoms with E-state index in [0.717, 1.165) is 34.1 Å². The monoisotopic (exact) mass is 1030 g/mol. The molecule has 0 N–H and O–H groups in total. The molecule has 2 nitrogen and oxygen atoms in total. The van der Waals surface area contributed by atoms with Crippen LogP contribution in [0.4, 0.5) is 34.1 Å². The maximum absolute atomic E-state index is 2.52. The molecule has 0 aromatic heterocycles. The largest absolute Gasteiger partial charge is 0.310 e. The zero-order chi connectivity index (χ0) is 53.2. The average molecular weight is 1030 g/mol. The van der Waals surface area contributed by atoms with Crippen LogP contribution in [0.1, 0.15) is 5.56 Å². The van der Waals surface area contributed by atoms with Crippen LogP contribution in [0.3, 0.4) is 0 Å². The van der Waals surface area contributed by atoms with Gasteiger partial charge in [-0.05, 0) is 157 Å². The van der Waals surface area contributed by atoms with Gasteiger partial charge >= 0.3 is 0 Å². The molecule has 14 aromatic carbocycles. The van der Waals surface area contributed by atoms with E-state index in [9.17, 15) is 0 Å². The van der Waals surface area contributed by atoms with E-state index < -0.39 is 8.07 Å². The molecule has 0 aliphatic heterocycles. The highest BCUT2D eigenvalue weighted by molar-refractivity contribution is 6.88. The Morgan fingerprint density at radius 2 is 0.658 bits per heavy atom. The number of hydrogen-bond acceptors (Lipinski definition) is 2. The van der Waals surface area contributed by atoms with Gasteiger partial charge in [0.1, 0.15) is 0 Å². The van der Waals surface area contributed by atoms with Crippen LogP contribution >= 0.6 is 0 Å². The fourth-order valence-corrected chi connectivity index (χ4v) is 13.3. The zero-order valence-corrected chi connectivity index (χ0v) is 46.0. The molecule has 0 saturated carbocycles. The quantitative estimate of drug-likeness (QED) is 0.0941. The summed E-state index contributed by atoms with van der Waals surface area (Å²) in [6.07, 6.45) is 0. The minimum absolute atomic E-state index is 1.09. The minimum Gasteiger partial charge on any atom is -0.310 e. The normalized spacial score (nSPS) is 11.8. The summed E-state index contributed by atoms with van der Waals surface area (Å²) in [5.41, 5.74) is 17.3. The first-order valence-electron chi connectivity index (χ1n) is 27.6. The molecule has 0 aliphatic carbocycles. The Balaban J connectivity index is 1.12. The molecule has 14 aromatic rings. The van der Waals surface area contributed by atoms with Crippen molar-refractivity contribution < 1.29 is 0 Å². The smallest absolute Gasteiger partial charge is 0.0775 e. The van der Waals surface area contributed by atoms with Crippen LogP contribution in [0.15, 0.2) is 279 Å². The SMILES string of the molecule is Cc1ccc(N(c2cccc(-c3ccccc3)c2)c2cc(-c3ccc4ccccc4c3)c3ccc4c(N(c5ccc([Si](C)(C)C)cc5)c5cccc(-c6ccccc6)c5)cc(-c5ccc6ccccc6c5)c5ccc2c3c54)cc1. The minimum atomic E-state index is -1.63. The lowest BCUT2D eigenvalue weighted by Crippen LogP contribution is -2.37. The number of benzene rings is 14. The van der Waals surface area contributed by atoms with Gasteiger partial charge in [-0.1, -0.05) is 237 Å². The Bertz CT molecular complexity index is 4580. The predicted octanol–water partition coefficient (Wildman–Crippen LogP) is 21.4. The second-order valence-electron chi connectivity index (χ2n) is 22.2. The second kappa shape index (κ2) is 19.5. The Morgan fingerprint density at radius 1 is 0.266 bits per heavy atom. The summed E-state index contributed by atoms with van der Waals surface area (Å²) < 4.78 is 0. The number of fused-ring (bicyclic) bond motifs is 2. The van der Waals surface area contributed by atoms with Gasteiger partial charge < -0.3 is 9.80 Å². The van der Waals surface area contributed by atoms with Gasteiger partial charge in [0.2, 0.25) is 0 Å². The fraction of sp³-hybridized carbons (Fsp3) is 0.0526. The van der Waals surface area contributed by atoms with Crippen molar-refractivity contribution in [3.05, 3.63) is 285 Å². The first kappa shape index (κ1) is 47.9. The van der Waals surface area contributed by atoms with Gasteiger partial charge in [-0.25, -0.2) is 0 Å². The number of rotatable bonds is 11. The molecule has 0 saturated heterocycles. The van der Waals surface area contributed by atoms with Gasteiger partial charge in [0, 0.05) is 44.3 Å². The number of anilines is 6. The van der Waals surface area contributed by atoms with Gasteiger partial charge in [0.15, 0.2) is 0 Å². The third kappa shape index (κ3) is 8.70. The molecule has 0 radical (unpaired) electrons. The molecule has 376 valence electrons. The third-order valence-electron chi connectivity index (χ3n) is 16.2. The molecular weight excluding hydrogens is 969 g/mol. The van der Waals surface area contributed by atoms with Crippen molar-refractivity contribution in [2.75, 3.05) is 9.80 Å². The molecule has 0 unspecified atom stereocenters. The van der Waals surface area contributed by atoms with Gasteiger partial charge in [-0.15, -0.1) is 0 Å². The van der Waals surface area contributed by atoms with E-state index in [-0.39, 0.29) is 0 Å². The molecule has 0 atom stereocenters. The summed E-state index contributed by atoms with van der Waals surface area (Å²) in [4.78, 5) is 5.02. The highest BCUT2D eigenvalue weighted by Gasteiger charge is 2.27. The maximum atomic E-state index is 2.52. The Labute approximate surface area is 464 Å². The highest BCUT2D eigenvalue weighted by Crippen LogP contribution is 2.53. The molecule has 0 spiro atoms. The number of nitrogens with zero attached hydrogens (tertiary/aromatic N) is 2. The van der Waals surface area contributed by atoms with Crippen molar-refractivity contribution in [2.24, 2.45) is 0 Å². The second-order valence-corrected chi connectivity index (χ2v) is 27.3. The predicted molar refractivity (Wildman–Crippen MR) is 344 cm³/mol. The van der Waals surface area contributed by atoms with Crippen LogP contribution in [0.5, 0.6) is 0 Å². The molecule has 3 heteroatoms. The summed E-state index contributed by atoms with van der Waals surface area (Å²) in [7, 11) is -1.63. The fourth-order valence-electron chi connectivity index (χ4n) is 12.1.